The molecule has 0 fully saturated rings. The summed E-state index contributed by atoms with van der Waals surface area (Å²) in [6.07, 6.45) is 0.296. The largest absolute Gasteiger partial charge is 0.481 e. The zero-order valence-corrected chi connectivity index (χ0v) is 12.7. The molecule has 0 heterocycles. The summed E-state index contributed by atoms with van der Waals surface area (Å²) in [5, 5.41) is 14.7. The Balaban J connectivity index is 2.63. The highest BCUT2D eigenvalue weighted by Gasteiger charge is 2.21. The standard InChI is InChI=1S/C13H16Cl2N2O3/c1-13(2,6-5-11(18)19)17-12(20)16-10-7-8(14)3-4-9(10)15/h3-4,7H,5-6H2,1-2H3,(H,18,19)(H2,16,17,20). The minimum Gasteiger partial charge on any atom is -0.481 e. The van der Waals surface area contributed by atoms with Crippen LogP contribution in [0.3, 0.4) is 0 Å². The Morgan fingerprint density at radius 2 is 1.95 bits per heavy atom. The lowest BCUT2D eigenvalue weighted by atomic mass is 9.99. The van der Waals surface area contributed by atoms with Crippen LogP contribution in [0.15, 0.2) is 18.2 Å². The van der Waals surface area contributed by atoms with Gasteiger partial charge in [-0.3, -0.25) is 4.79 Å². The Labute approximate surface area is 127 Å². The lowest BCUT2D eigenvalue weighted by Gasteiger charge is -2.25. The normalized spacial score (nSPS) is 11.0. The number of carboxylic acids is 1. The van der Waals surface area contributed by atoms with Crippen LogP contribution in [-0.4, -0.2) is 22.6 Å². The van der Waals surface area contributed by atoms with Crippen molar-refractivity contribution < 1.29 is 14.7 Å². The Morgan fingerprint density at radius 1 is 1.30 bits per heavy atom. The molecule has 7 heteroatoms. The number of rotatable bonds is 5. The van der Waals surface area contributed by atoms with Crippen molar-refractivity contribution in [3.05, 3.63) is 28.2 Å². The Kier molecular flexibility index (Phi) is 5.65. The summed E-state index contributed by atoms with van der Waals surface area (Å²) in [7, 11) is 0. The first-order chi connectivity index (χ1) is 9.19. The van der Waals surface area contributed by atoms with Crippen molar-refractivity contribution in [2.75, 3.05) is 5.32 Å². The molecule has 5 nitrogen and oxygen atoms in total. The number of amides is 2. The maximum Gasteiger partial charge on any atom is 0.319 e. The number of carboxylic acid groups (broad SMARTS) is 1. The third-order valence-corrected chi connectivity index (χ3v) is 3.16. The molecule has 1 rings (SSSR count). The highest BCUT2D eigenvalue weighted by Crippen LogP contribution is 2.25. The lowest BCUT2D eigenvalue weighted by molar-refractivity contribution is -0.137. The summed E-state index contributed by atoms with van der Waals surface area (Å²) in [5.74, 6) is -0.904. The number of hydrogen-bond donors (Lipinski definition) is 3. The van der Waals surface area contributed by atoms with Gasteiger partial charge in [-0.1, -0.05) is 23.2 Å². The quantitative estimate of drug-likeness (QED) is 0.773. The number of nitrogens with one attached hydrogen (secondary N) is 2. The fourth-order valence-electron chi connectivity index (χ4n) is 1.54. The fraction of sp³-hybridized carbons (Fsp3) is 0.385. The van der Waals surface area contributed by atoms with Gasteiger partial charge in [0.15, 0.2) is 0 Å². The molecule has 20 heavy (non-hydrogen) atoms. The highest BCUT2D eigenvalue weighted by molar-refractivity contribution is 6.35. The van der Waals surface area contributed by atoms with Gasteiger partial charge in [0.05, 0.1) is 10.7 Å². The summed E-state index contributed by atoms with van der Waals surface area (Å²) in [6, 6.07) is 4.26. The molecule has 0 aliphatic heterocycles. The lowest BCUT2D eigenvalue weighted by Crippen LogP contribution is -2.45. The van der Waals surface area contributed by atoms with Gasteiger partial charge in [-0.15, -0.1) is 0 Å². The number of anilines is 1. The van der Waals surface area contributed by atoms with Crippen LogP contribution in [0, 0.1) is 0 Å². The van der Waals surface area contributed by atoms with E-state index in [0.29, 0.717) is 22.2 Å². The summed E-state index contributed by atoms with van der Waals surface area (Å²) in [5.41, 5.74) is -0.251. The average Bonchev–Trinajstić information content (AvgIpc) is 2.31. The molecule has 0 bridgehead atoms. The molecule has 0 saturated carbocycles. The van der Waals surface area contributed by atoms with Gasteiger partial charge < -0.3 is 15.7 Å². The van der Waals surface area contributed by atoms with Crippen LogP contribution < -0.4 is 10.6 Å². The van der Waals surface area contributed by atoms with Crippen molar-refractivity contribution in [2.24, 2.45) is 0 Å². The maximum atomic E-state index is 11.9. The van der Waals surface area contributed by atoms with Gasteiger partial charge in [-0.2, -0.15) is 0 Å². The monoisotopic (exact) mass is 318 g/mol. The van der Waals surface area contributed by atoms with Gasteiger partial charge >= 0.3 is 12.0 Å². The predicted octanol–water partition coefficient (Wildman–Crippen LogP) is 3.76. The summed E-state index contributed by atoms with van der Waals surface area (Å²) in [4.78, 5) is 22.4. The van der Waals surface area contributed by atoms with E-state index in [2.05, 4.69) is 10.6 Å². The van der Waals surface area contributed by atoms with Crippen LogP contribution in [0.4, 0.5) is 10.5 Å². The van der Waals surface area contributed by atoms with Crippen molar-refractivity contribution in [1.82, 2.24) is 5.32 Å². The fourth-order valence-corrected chi connectivity index (χ4v) is 1.87. The third-order valence-electron chi connectivity index (χ3n) is 2.59. The highest BCUT2D eigenvalue weighted by atomic mass is 35.5. The van der Waals surface area contributed by atoms with E-state index in [1.807, 2.05) is 0 Å². The van der Waals surface area contributed by atoms with Crippen LogP contribution in [0.25, 0.3) is 0 Å². The minimum atomic E-state index is -0.904. The second-order valence-corrected chi connectivity index (χ2v) is 5.82. The first-order valence-corrected chi connectivity index (χ1v) is 6.71. The minimum absolute atomic E-state index is 0.0226. The summed E-state index contributed by atoms with van der Waals surface area (Å²) in [6.45, 7) is 3.49. The third kappa shape index (κ3) is 5.67. The van der Waals surface area contributed by atoms with Crippen molar-refractivity contribution in [1.29, 1.82) is 0 Å². The Hall–Kier alpha value is -1.46. The molecule has 0 aliphatic rings. The van der Waals surface area contributed by atoms with E-state index < -0.39 is 17.5 Å². The predicted molar refractivity (Wildman–Crippen MR) is 79.6 cm³/mol. The number of hydrogen-bond acceptors (Lipinski definition) is 2. The number of carbonyl (C=O) groups excluding carboxylic acids is 1. The second-order valence-electron chi connectivity index (χ2n) is 4.98. The molecule has 0 saturated heterocycles. The van der Waals surface area contributed by atoms with E-state index >= 15 is 0 Å². The molecule has 1 aromatic rings. The van der Waals surface area contributed by atoms with Crippen molar-refractivity contribution in [3.8, 4) is 0 Å². The van der Waals surface area contributed by atoms with Crippen LogP contribution in [0.5, 0.6) is 0 Å². The zero-order chi connectivity index (χ0) is 15.3. The number of halogens is 2. The van der Waals surface area contributed by atoms with E-state index in [-0.39, 0.29) is 6.42 Å². The van der Waals surface area contributed by atoms with Crippen LogP contribution in [0.2, 0.25) is 10.0 Å². The van der Waals surface area contributed by atoms with Crippen molar-refractivity contribution in [2.45, 2.75) is 32.2 Å². The van der Waals surface area contributed by atoms with Crippen LogP contribution in [-0.2, 0) is 4.79 Å². The van der Waals surface area contributed by atoms with E-state index in [9.17, 15) is 9.59 Å². The molecule has 3 N–H and O–H groups in total. The molecule has 0 aromatic heterocycles. The molecule has 0 unspecified atom stereocenters. The molecular weight excluding hydrogens is 303 g/mol. The molecule has 2 amide bonds. The smallest absolute Gasteiger partial charge is 0.319 e. The van der Waals surface area contributed by atoms with Crippen LogP contribution in [0.1, 0.15) is 26.7 Å². The number of benzene rings is 1. The molecule has 0 atom stereocenters. The maximum absolute atomic E-state index is 11.9. The van der Waals surface area contributed by atoms with Gasteiger partial charge in [0.2, 0.25) is 0 Å². The first kappa shape index (κ1) is 16.6. The average molecular weight is 319 g/mol. The number of urea groups is 1. The van der Waals surface area contributed by atoms with Gasteiger partial charge in [-0.25, -0.2) is 4.79 Å². The Morgan fingerprint density at radius 3 is 2.55 bits per heavy atom. The van der Waals surface area contributed by atoms with Gasteiger partial charge in [0.25, 0.3) is 0 Å². The zero-order valence-electron chi connectivity index (χ0n) is 11.2. The number of carbonyl (C=O) groups is 2. The second kappa shape index (κ2) is 6.81. The SMILES string of the molecule is CC(C)(CCC(=O)O)NC(=O)Nc1cc(Cl)ccc1Cl. The Bertz CT molecular complexity index is 518. The molecule has 1 aromatic carbocycles. The topological polar surface area (TPSA) is 78.4 Å². The molecule has 0 spiro atoms. The molecule has 0 aliphatic carbocycles. The molecule has 110 valence electrons. The van der Waals surface area contributed by atoms with Crippen molar-refractivity contribution >= 4 is 40.9 Å². The van der Waals surface area contributed by atoms with Gasteiger partial charge in [0.1, 0.15) is 0 Å². The van der Waals surface area contributed by atoms with Gasteiger partial charge in [-0.05, 0) is 38.5 Å². The summed E-state index contributed by atoms with van der Waals surface area (Å²) < 4.78 is 0. The first-order valence-electron chi connectivity index (χ1n) is 5.95. The van der Waals surface area contributed by atoms with Gasteiger partial charge in [0, 0.05) is 17.0 Å². The van der Waals surface area contributed by atoms with E-state index in [0.717, 1.165) is 0 Å². The van der Waals surface area contributed by atoms with Crippen LogP contribution >= 0.6 is 23.2 Å². The molecule has 0 radical (unpaired) electrons. The van der Waals surface area contributed by atoms with E-state index in [1.165, 1.54) is 6.07 Å². The molecular formula is C13H16Cl2N2O3. The van der Waals surface area contributed by atoms with E-state index in [1.54, 1.807) is 26.0 Å². The number of aliphatic carboxylic acids is 1. The van der Waals surface area contributed by atoms with E-state index in [4.69, 9.17) is 28.3 Å². The van der Waals surface area contributed by atoms with Crippen molar-refractivity contribution in [3.63, 3.8) is 0 Å². The summed E-state index contributed by atoms with van der Waals surface area (Å²) >= 11 is 11.8.